The van der Waals surface area contributed by atoms with E-state index in [1.165, 1.54) is 17.6 Å². The summed E-state index contributed by atoms with van der Waals surface area (Å²) in [7, 11) is 0. The first-order valence-corrected chi connectivity index (χ1v) is 13.0. The Morgan fingerprint density at radius 1 is 1.21 bits per heavy atom. The lowest BCUT2D eigenvalue weighted by atomic mass is 9.78. The molecule has 3 aromatic heterocycles. The molecule has 0 aliphatic heterocycles. The fourth-order valence-corrected chi connectivity index (χ4v) is 5.59. The maximum Gasteiger partial charge on any atom is 0.433 e. The largest absolute Gasteiger partial charge is 0.433 e. The second kappa shape index (κ2) is 10.7. The Bertz CT molecular complexity index is 1450. The van der Waals surface area contributed by atoms with Crippen LogP contribution in [0.1, 0.15) is 47.5 Å². The van der Waals surface area contributed by atoms with E-state index >= 15 is 0 Å². The van der Waals surface area contributed by atoms with Crippen LogP contribution in [0.25, 0.3) is 10.4 Å². The van der Waals surface area contributed by atoms with Crippen molar-refractivity contribution in [3.63, 3.8) is 0 Å². The topological polar surface area (TPSA) is 126 Å². The molecule has 1 saturated carbocycles. The number of nitrogens with one attached hydrogen (secondary N) is 2. The summed E-state index contributed by atoms with van der Waals surface area (Å²) in [6, 6.07) is 6.29. The molecule has 204 valence electrons. The van der Waals surface area contributed by atoms with Crippen molar-refractivity contribution in [2.45, 2.75) is 50.9 Å². The molecule has 1 aliphatic rings. The van der Waals surface area contributed by atoms with E-state index in [1.807, 2.05) is 13.0 Å². The van der Waals surface area contributed by atoms with Crippen molar-refractivity contribution >= 4 is 28.9 Å². The number of aliphatic hydroxyl groups is 1. The normalized spacial score (nSPS) is 19.6. The zero-order valence-electron chi connectivity index (χ0n) is 20.8. The van der Waals surface area contributed by atoms with E-state index in [4.69, 9.17) is 4.52 Å². The molecule has 0 atom stereocenters. The molecule has 3 heterocycles. The van der Waals surface area contributed by atoms with Crippen LogP contribution < -0.4 is 10.6 Å². The summed E-state index contributed by atoms with van der Waals surface area (Å²) in [5.41, 5.74) is 0.798. The van der Waals surface area contributed by atoms with Gasteiger partial charge in [0.1, 0.15) is 22.6 Å². The minimum atomic E-state index is -4.57. The van der Waals surface area contributed by atoms with Crippen LogP contribution in [-0.2, 0) is 23.1 Å². The number of carbonyl (C=O) groups excluding carboxylic acids is 1. The summed E-state index contributed by atoms with van der Waals surface area (Å²) in [5.74, 6) is -0.432. The third kappa shape index (κ3) is 6.25. The number of thiazole rings is 1. The van der Waals surface area contributed by atoms with Gasteiger partial charge in [0, 0.05) is 36.1 Å². The zero-order valence-corrected chi connectivity index (χ0v) is 21.6. The van der Waals surface area contributed by atoms with Gasteiger partial charge in [0.2, 0.25) is 11.9 Å². The molecule has 0 radical (unpaired) electrons. The number of hydrogen-bond acceptors (Lipinski definition) is 9. The minimum absolute atomic E-state index is 0.0670. The Hall–Kier alpha value is -3.84. The molecule has 4 aromatic rings. The highest BCUT2D eigenvalue weighted by Gasteiger charge is 2.39. The van der Waals surface area contributed by atoms with Gasteiger partial charge in [-0.05, 0) is 61.9 Å². The van der Waals surface area contributed by atoms with Crippen molar-refractivity contribution in [1.82, 2.24) is 25.4 Å². The van der Waals surface area contributed by atoms with Gasteiger partial charge in [-0.2, -0.15) is 13.2 Å². The molecular weight excluding hydrogens is 533 g/mol. The van der Waals surface area contributed by atoms with Crippen LogP contribution in [0.15, 0.2) is 53.6 Å². The van der Waals surface area contributed by atoms with Crippen LogP contribution in [0.2, 0.25) is 0 Å². The molecular formula is C26H25F3N6O3S. The molecule has 1 fully saturated rings. The SMILES string of the molecule is Cc1cc(Nc2nccc(C(F)(F)F)n2)cc(-c2cnc(C3(O)CCC(C(=O)NCc4cnoc4)CC3)s2)c1. The van der Waals surface area contributed by atoms with Crippen molar-refractivity contribution in [3.05, 3.63) is 70.9 Å². The van der Waals surface area contributed by atoms with Crippen LogP contribution in [0, 0.1) is 12.8 Å². The van der Waals surface area contributed by atoms with Crippen molar-refractivity contribution < 1.29 is 27.6 Å². The zero-order chi connectivity index (χ0) is 27.6. The summed E-state index contributed by atoms with van der Waals surface area (Å²) >= 11 is 1.35. The van der Waals surface area contributed by atoms with Gasteiger partial charge in [-0.25, -0.2) is 15.0 Å². The maximum absolute atomic E-state index is 13.0. The predicted molar refractivity (Wildman–Crippen MR) is 137 cm³/mol. The van der Waals surface area contributed by atoms with E-state index in [0.717, 1.165) is 33.8 Å². The highest BCUT2D eigenvalue weighted by molar-refractivity contribution is 7.15. The average molecular weight is 559 g/mol. The van der Waals surface area contributed by atoms with E-state index in [1.54, 1.807) is 24.5 Å². The van der Waals surface area contributed by atoms with E-state index < -0.39 is 17.5 Å². The number of rotatable bonds is 7. The minimum Gasteiger partial charge on any atom is -0.383 e. The van der Waals surface area contributed by atoms with Crippen LogP contribution in [0.4, 0.5) is 24.8 Å². The molecule has 5 rings (SSSR count). The summed E-state index contributed by atoms with van der Waals surface area (Å²) in [6.07, 6.45) is 3.04. The Labute approximate surface area is 225 Å². The first-order chi connectivity index (χ1) is 18.6. The first kappa shape index (κ1) is 26.8. The standard InChI is InChI=1S/C26H25F3N6O3S/c1-15-8-18(10-19(9-15)34-24-30-7-4-21(35-24)26(27,28)29)20-13-32-23(39-20)25(37)5-2-17(3-6-25)22(36)31-11-16-12-33-38-14-16/h4,7-10,12-14,17,37H,2-3,5-6,11H2,1H3,(H,31,36)(H,30,34,35). The van der Waals surface area contributed by atoms with E-state index in [2.05, 4.69) is 30.7 Å². The van der Waals surface area contributed by atoms with Crippen LogP contribution in [0.5, 0.6) is 0 Å². The number of anilines is 2. The van der Waals surface area contributed by atoms with Crippen LogP contribution in [0.3, 0.4) is 0 Å². The molecule has 0 unspecified atom stereocenters. The number of halogens is 3. The molecule has 9 nitrogen and oxygen atoms in total. The lowest BCUT2D eigenvalue weighted by Gasteiger charge is -2.33. The number of nitrogens with zero attached hydrogens (tertiary/aromatic N) is 4. The Morgan fingerprint density at radius 3 is 2.72 bits per heavy atom. The Balaban J connectivity index is 1.25. The average Bonchev–Trinajstić information content (AvgIpc) is 3.60. The highest BCUT2D eigenvalue weighted by Crippen LogP contribution is 2.43. The van der Waals surface area contributed by atoms with Gasteiger partial charge in [-0.15, -0.1) is 11.3 Å². The molecule has 0 spiro atoms. The number of carbonyl (C=O) groups is 1. The lowest BCUT2D eigenvalue weighted by Crippen LogP contribution is -2.38. The van der Waals surface area contributed by atoms with Crippen molar-refractivity contribution in [3.8, 4) is 10.4 Å². The second-order valence-corrected chi connectivity index (χ2v) is 10.6. The number of alkyl halides is 3. The first-order valence-electron chi connectivity index (χ1n) is 12.2. The highest BCUT2D eigenvalue weighted by atomic mass is 32.1. The fraction of sp³-hybridized carbons (Fsp3) is 0.346. The van der Waals surface area contributed by atoms with Crippen molar-refractivity contribution in [2.75, 3.05) is 5.32 Å². The summed E-state index contributed by atoms with van der Waals surface area (Å²) in [6.45, 7) is 2.21. The van der Waals surface area contributed by atoms with Gasteiger partial charge < -0.3 is 20.3 Å². The molecule has 0 bridgehead atoms. The predicted octanol–water partition coefficient (Wildman–Crippen LogP) is 5.35. The lowest BCUT2D eigenvalue weighted by molar-refractivity contribution is -0.141. The van der Waals surface area contributed by atoms with Crippen molar-refractivity contribution in [2.24, 2.45) is 5.92 Å². The second-order valence-electron chi connectivity index (χ2n) is 9.56. The summed E-state index contributed by atoms with van der Waals surface area (Å²) in [5, 5.41) is 21.3. The molecule has 3 N–H and O–H groups in total. The smallest absolute Gasteiger partial charge is 0.383 e. The number of aryl methyl sites for hydroxylation is 1. The summed E-state index contributed by atoms with van der Waals surface area (Å²) in [4.78, 5) is 25.3. The maximum atomic E-state index is 13.0. The molecule has 39 heavy (non-hydrogen) atoms. The monoisotopic (exact) mass is 558 g/mol. The number of amides is 1. The Kier molecular flexibility index (Phi) is 7.36. The number of benzene rings is 1. The summed E-state index contributed by atoms with van der Waals surface area (Å²) < 4.78 is 43.8. The van der Waals surface area contributed by atoms with Gasteiger partial charge >= 0.3 is 6.18 Å². The molecule has 1 aliphatic carbocycles. The third-order valence-corrected chi connectivity index (χ3v) is 7.84. The van der Waals surface area contributed by atoms with Gasteiger partial charge in [0.15, 0.2) is 0 Å². The van der Waals surface area contributed by atoms with Crippen LogP contribution in [-0.4, -0.2) is 31.1 Å². The van der Waals surface area contributed by atoms with E-state index in [9.17, 15) is 23.1 Å². The molecule has 0 saturated heterocycles. The number of hydrogen-bond donors (Lipinski definition) is 3. The van der Waals surface area contributed by atoms with Gasteiger partial charge in [0.05, 0.1) is 11.1 Å². The van der Waals surface area contributed by atoms with Crippen LogP contribution >= 0.6 is 11.3 Å². The van der Waals surface area contributed by atoms with Gasteiger partial charge in [-0.1, -0.05) is 11.2 Å². The molecule has 1 aromatic carbocycles. The quantitative estimate of drug-likeness (QED) is 0.277. The van der Waals surface area contributed by atoms with E-state index in [0.29, 0.717) is 42.9 Å². The molecule has 1 amide bonds. The van der Waals surface area contributed by atoms with Crippen molar-refractivity contribution in [1.29, 1.82) is 0 Å². The fourth-order valence-electron chi connectivity index (χ4n) is 4.55. The Morgan fingerprint density at radius 2 is 2.00 bits per heavy atom. The third-order valence-electron chi connectivity index (χ3n) is 6.60. The van der Waals surface area contributed by atoms with Gasteiger partial charge in [-0.3, -0.25) is 4.79 Å². The number of aromatic nitrogens is 4. The molecule has 13 heteroatoms. The van der Waals surface area contributed by atoms with E-state index in [-0.39, 0.29) is 17.8 Å². The van der Waals surface area contributed by atoms with Gasteiger partial charge in [0.25, 0.3) is 0 Å².